The zero-order chi connectivity index (χ0) is 27.5. The van der Waals surface area contributed by atoms with Crippen molar-refractivity contribution in [2.75, 3.05) is 19.0 Å². The number of pyridine rings is 1. The van der Waals surface area contributed by atoms with E-state index in [1.807, 2.05) is 66.7 Å². The molecular weight excluding hydrogens is 530 g/mol. The molecule has 1 saturated heterocycles. The lowest BCUT2D eigenvalue weighted by Gasteiger charge is -2.28. The quantitative estimate of drug-likeness (QED) is 0.252. The maximum Gasteiger partial charge on any atom is 0.226 e. The molecule has 39 heavy (non-hydrogen) atoms. The predicted molar refractivity (Wildman–Crippen MR) is 159 cm³/mol. The summed E-state index contributed by atoms with van der Waals surface area (Å²) in [5.41, 5.74) is 5.65. The SMILES string of the molecule is COc1ccccc1NC(=O)CCN1C(=S)N[C@@H](c2ccccn2)[C@@H]1c1cc(C)n(-c2ccccc2Cl)c1C. The second kappa shape index (κ2) is 11.5. The summed E-state index contributed by atoms with van der Waals surface area (Å²) in [4.78, 5) is 19.7. The van der Waals surface area contributed by atoms with Gasteiger partial charge in [-0.2, -0.15) is 0 Å². The van der Waals surface area contributed by atoms with E-state index in [-0.39, 0.29) is 24.4 Å². The summed E-state index contributed by atoms with van der Waals surface area (Å²) in [6.07, 6.45) is 2.03. The number of anilines is 1. The van der Waals surface area contributed by atoms with E-state index in [1.165, 1.54) is 0 Å². The van der Waals surface area contributed by atoms with Crippen molar-refractivity contribution in [2.45, 2.75) is 32.4 Å². The molecule has 3 heterocycles. The summed E-state index contributed by atoms with van der Waals surface area (Å²) in [5, 5.41) is 7.70. The van der Waals surface area contributed by atoms with Gasteiger partial charge >= 0.3 is 0 Å². The molecule has 0 unspecified atom stereocenters. The van der Waals surface area contributed by atoms with Gasteiger partial charge in [-0.25, -0.2) is 0 Å². The molecule has 200 valence electrons. The van der Waals surface area contributed by atoms with Crippen molar-refractivity contribution < 1.29 is 9.53 Å². The normalized spacial score (nSPS) is 16.7. The lowest BCUT2D eigenvalue weighted by atomic mass is 9.96. The summed E-state index contributed by atoms with van der Waals surface area (Å²) in [6, 6.07) is 22.9. The first kappa shape index (κ1) is 26.7. The highest BCUT2D eigenvalue weighted by molar-refractivity contribution is 7.80. The highest BCUT2D eigenvalue weighted by Crippen LogP contribution is 2.42. The molecule has 2 atom stereocenters. The van der Waals surface area contributed by atoms with Gasteiger partial charge in [-0.3, -0.25) is 9.78 Å². The molecule has 1 aliphatic heterocycles. The zero-order valence-corrected chi connectivity index (χ0v) is 23.6. The van der Waals surface area contributed by atoms with Crippen molar-refractivity contribution in [2.24, 2.45) is 0 Å². The molecule has 1 aliphatic rings. The molecule has 0 aliphatic carbocycles. The van der Waals surface area contributed by atoms with Gasteiger partial charge in [-0.15, -0.1) is 0 Å². The number of halogens is 1. The molecule has 2 aromatic carbocycles. The number of ether oxygens (including phenoxy) is 1. The van der Waals surface area contributed by atoms with Crippen LogP contribution < -0.4 is 15.4 Å². The number of thiocarbonyl (C=S) groups is 1. The van der Waals surface area contributed by atoms with Crippen LogP contribution in [0.1, 0.15) is 41.1 Å². The minimum Gasteiger partial charge on any atom is -0.495 e. The van der Waals surface area contributed by atoms with Crippen LogP contribution in [0.2, 0.25) is 5.02 Å². The van der Waals surface area contributed by atoms with E-state index in [9.17, 15) is 4.79 Å². The average Bonchev–Trinajstić information content (AvgIpc) is 3.42. The van der Waals surface area contributed by atoms with Crippen LogP contribution in [0.25, 0.3) is 5.69 Å². The molecule has 5 rings (SSSR count). The fourth-order valence-electron chi connectivity index (χ4n) is 5.26. The number of carbonyl (C=O) groups is 1. The van der Waals surface area contributed by atoms with Gasteiger partial charge in [-0.1, -0.05) is 41.9 Å². The largest absolute Gasteiger partial charge is 0.495 e. The van der Waals surface area contributed by atoms with Crippen LogP contribution in [0.4, 0.5) is 5.69 Å². The number of hydrogen-bond donors (Lipinski definition) is 2. The number of benzene rings is 2. The number of amides is 1. The smallest absolute Gasteiger partial charge is 0.226 e. The molecule has 7 nitrogen and oxygen atoms in total. The number of hydrogen-bond acceptors (Lipinski definition) is 4. The summed E-state index contributed by atoms with van der Waals surface area (Å²) >= 11 is 12.4. The van der Waals surface area contributed by atoms with Crippen molar-refractivity contribution in [1.82, 2.24) is 19.8 Å². The summed E-state index contributed by atoms with van der Waals surface area (Å²) in [6.45, 7) is 4.59. The van der Waals surface area contributed by atoms with Crippen LogP contribution in [0.5, 0.6) is 5.75 Å². The van der Waals surface area contributed by atoms with Gasteiger partial charge in [0.1, 0.15) is 5.75 Å². The maximum absolute atomic E-state index is 13.0. The van der Waals surface area contributed by atoms with Crippen LogP contribution in [-0.4, -0.2) is 39.1 Å². The van der Waals surface area contributed by atoms with Gasteiger partial charge in [-0.05, 0) is 74.1 Å². The van der Waals surface area contributed by atoms with Crippen LogP contribution >= 0.6 is 23.8 Å². The fraction of sp³-hybridized carbons (Fsp3) is 0.233. The Morgan fingerprint density at radius 2 is 1.85 bits per heavy atom. The van der Waals surface area contributed by atoms with E-state index in [4.69, 9.17) is 28.6 Å². The highest BCUT2D eigenvalue weighted by atomic mass is 35.5. The lowest BCUT2D eigenvalue weighted by molar-refractivity contribution is -0.116. The number of para-hydroxylation sites is 3. The second-order valence-electron chi connectivity index (χ2n) is 9.43. The van der Waals surface area contributed by atoms with Crippen LogP contribution in [0.15, 0.2) is 79.0 Å². The van der Waals surface area contributed by atoms with E-state index in [2.05, 4.69) is 45.0 Å². The van der Waals surface area contributed by atoms with Crippen LogP contribution in [0.3, 0.4) is 0 Å². The Kier molecular flexibility index (Phi) is 7.86. The first-order valence-corrected chi connectivity index (χ1v) is 13.5. The molecule has 0 spiro atoms. The topological polar surface area (TPSA) is 71.4 Å². The molecule has 2 aromatic heterocycles. The summed E-state index contributed by atoms with van der Waals surface area (Å²) in [5.74, 6) is 0.494. The first-order valence-electron chi connectivity index (χ1n) is 12.7. The van der Waals surface area contributed by atoms with Crippen molar-refractivity contribution in [3.63, 3.8) is 0 Å². The molecule has 0 saturated carbocycles. The minimum atomic E-state index is -0.184. The Morgan fingerprint density at radius 3 is 2.59 bits per heavy atom. The standard InChI is InChI=1S/C30H30ClN5O2S/c1-19-18-21(20(2)36(19)25-13-6-4-10-22(25)31)29-28(24-12-8-9-16-32-24)34-30(39)35(29)17-15-27(37)33-23-11-5-7-14-26(23)38-3/h4-14,16,18,28-29H,15,17H2,1-3H3,(H,33,37)(H,34,39)/t28-,29-/m0/s1. The third-order valence-electron chi connectivity index (χ3n) is 7.04. The minimum absolute atomic E-state index is 0.121. The molecular formula is C30H30ClN5O2S. The Labute approximate surface area is 238 Å². The Balaban J connectivity index is 1.47. The predicted octanol–water partition coefficient (Wildman–Crippen LogP) is 6.15. The molecule has 1 amide bonds. The average molecular weight is 560 g/mol. The third-order valence-corrected chi connectivity index (χ3v) is 7.71. The third kappa shape index (κ3) is 5.35. The van der Waals surface area contributed by atoms with Crippen LogP contribution in [-0.2, 0) is 4.79 Å². The first-order chi connectivity index (χ1) is 18.9. The number of aryl methyl sites for hydroxylation is 1. The van der Waals surface area contributed by atoms with Crippen LogP contribution in [0, 0.1) is 13.8 Å². The van der Waals surface area contributed by atoms with Gasteiger partial charge in [0.05, 0.1) is 41.3 Å². The molecule has 0 bridgehead atoms. The number of nitrogens with zero attached hydrogens (tertiary/aromatic N) is 3. The molecule has 1 fully saturated rings. The van der Waals surface area contributed by atoms with E-state index in [0.29, 0.717) is 28.1 Å². The number of methoxy groups -OCH3 is 1. The highest BCUT2D eigenvalue weighted by Gasteiger charge is 2.41. The number of aromatic nitrogens is 2. The summed E-state index contributed by atoms with van der Waals surface area (Å²) in [7, 11) is 1.58. The molecule has 2 N–H and O–H groups in total. The summed E-state index contributed by atoms with van der Waals surface area (Å²) < 4.78 is 7.54. The monoisotopic (exact) mass is 559 g/mol. The number of carbonyl (C=O) groups excluding carboxylic acids is 1. The van der Waals surface area contributed by atoms with Gasteiger partial charge in [0.2, 0.25) is 5.91 Å². The van der Waals surface area contributed by atoms with Crippen molar-refractivity contribution in [3.05, 3.63) is 107 Å². The maximum atomic E-state index is 13.0. The second-order valence-corrected chi connectivity index (χ2v) is 10.2. The zero-order valence-electron chi connectivity index (χ0n) is 22.0. The Hall–Kier alpha value is -3.88. The number of nitrogens with one attached hydrogen (secondary N) is 2. The Morgan fingerprint density at radius 1 is 1.10 bits per heavy atom. The van der Waals surface area contributed by atoms with Crippen molar-refractivity contribution >= 4 is 40.5 Å². The molecule has 0 radical (unpaired) electrons. The van der Waals surface area contributed by atoms with E-state index >= 15 is 0 Å². The lowest BCUT2D eigenvalue weighted by Crippen LogP contribution is -2.33. The van der Waals surface area contributed by atoms with Crippen molar-refractivity contribution in [3.8, 4) is 11.4 Å². The van der Waals surface area contributed by atoms with E-state index in [0.717, 1.165) is 28.3 Å². The van der Waals surface area contributed by atoms with Crippen molar-refractivity contribution in [1.29, 1.82) is 0 Å². The fourth-order valence-corrected chi connectivity index (χ4v) is 5.81. The van der Waals surface area contributed by atoms with E-state index in [1.54, 1.807) is 13.3 Å². The van der Waals surface area contributed by atoms with E-state index < -0.39 is 0 Å². The molecule has 4 aromatic rings. The number of rotatable bonds is 8. The Bertz CT molecular complexity index is 1510. The van der Waals surface area contributed by atoms with Gasteiger partial charge < -0.3 is 24.8 Å². The van der Waals surface area contributed by atoms with Gasteiger partial charge in [0.15, 0.2) is 5.11 Å². The van der Waals surface area contributed by atoms with Gasteiger partial charge in [0.25, 0.3) is 0 Å². The van der Waals surface area contributed by atoms with Gasteiger partial charge in [0, 0.05) is 30.6 Å². The molecule has 9 heteroatoms.